The van der Waals surface area contributed by atoms with E-state index in [2.05, 4.69) is 5.32 Å². The van der Waals surface area contributed by atoms with E-state index >= 15 is 0 Å². The molecule has 2 aromatic carbocycles. The van der Waals surface area contributed by atoms with E-state index in [1.165, 1.54) is 4.31 Å². The van der Waals surface area contributed by atoms with Crippen molar-refractivity contribution in [2.75, 3.05) is 24.2 Å². The standard InChI is InChI=1S/C21H24Cl2N2O3S/c22-18-10-11-20(19(23)14-18)24-21(26)17-9-4-12-25(15-17)29(27,28)13-5-8-16-6-2-1-3-7-16/h1-3,6-7,10-11,14,17H,4-5,8-9,12-13,15H2,(H,24,26). The van der Waals surface area contributed by atoms with Crippen molar-refractivity contribution < 1.29 is 13.2 Å². The molecule has 2 aromatic rings. The number of sulfonamides is 1. The first-order valence-corrected chi connectivity index (χ1v) is 12.0. The monoisotopic (exact) mass is 454 g/mol. The Morgan fingerprint density at radius 1 is 1.14 bits per heavy atom. The zero-order chi connectivity index (χ0) is 20.9. The first-order valence-electron chi connectivity index (χ1n) is 9.63. The van der Waals surface area contributed by atoms with Crippen LogP contribution in [0.4, 0.5) is 5.69 Å². The fraction of sp³-hybridized carbons (Fsp3) is 0.381. The molecule has 0 radical (unpaired) electrons. The largest absolute Gasteiger partial charge is 0.324 e. The lowest BCUT2D eigenvalue weighted by molar-refractivity contribution is -0.120. The molecule has 1 amide bonds. The zero-order valence-electron chi connectivity index (χ0n) is 16.0. The van der Waals surface area contributed by atoms with Crippen molar-refractivity contribution in [3.63, 3.8) is 0 Å². The molecule has 29 heavy (non-hydrogen) atoms. The highest BCUT2D eigenvalue weighted by atomic mass is 35.5. The van der Waals surface area contributed by atoms with Crippen molar-refractivity contribution >= 4 is 44.8 Å². The van der Waals surface area contributed by atoms with E-state index in [0.717, 1.165) is 5.56 Å². The molecule has 1 unspecified atom stereocenters. The molecular formula is C21H24Cl2N2O3S. The van der Waals surface area contributed by atoms with Gasteiger partial charge in [0.1, 0.15) is 0 Å². The van der Waals surface area contributed by atoms with Gasteiger partial charge in [0.15, 0.2) is 0 Å². The minimum absolute atomic E-state index is 0.0826. The molecule has 3 rings (SSSR count). The Morgan fingerprint density at radius 3 is 2.62 bits per heavy atom. The first-order chi connectivity index (χ1) is 13.8. The summed E-state index contributed by atoms with van der Waals surface area (Å²) in [6.07, 6.45) is 2.57. The van der Waals surface area contributed by atoms with Gasteiger partial charge in [-0.3, -0.25) is 4.79 Å². The molecule has 0 bridgehead atoms. The van der Waals surface area contributed by atoms with Gasteiger partial charge in [0.25, 0.3) is 0 Å². The van der Waals surface area contributed by atoms with Crippen molar-refractivity contribution in [1.29, 1.82) is 0 Å². The lowest BCUT2D eigenvalue weighted by Gasteiger charge is -2.31. The maximum atomic E-state index is 12.8. The minimum Gasteiger partial charge on any atom is -0.324 e. The van der Waals surface area contributed by atoms with Crippen molar-refractivity contribution in [3.8, 4) is 0 Å². The van der Waals surface area contributed by atoms with Crippen LogP contribution in [0, 0.1) is 5.92 Å². The summed E-state index contributed by atoms with van der Waals surface area (Å²) in [4.78, 5) is 12.7. The van der Waals surface area contributed by atoms with E-state index in [-0.39, 0.29) is 18.2 Å². The number of anilines is 1. The molecule has 8 heteroatoms. The van der Waals surface area contributed by atoms with Crippen molar-refractivity contribution in [2.45, 2.75) is 25.7 Å². The molecule has 1 heterocycles. The minimum atomic E-state index is -3.40. The van der Waals surface area contributed by atoms with Crippen LogP contribution in [0.15, 0.2) is 48.5 Å². The number of rotatable bonds is 7. The van der Waals surface area contributed by atoms with Crippen LogP contribution in [0.25, 0.3) is 0 Å². The van der Waals surface area contributed by atoms with Crippen molar-refractivity contribution in [1.82, 2.24) is 4.31 Å². The predicted molar refractivity (Wildman–Crippen MR) is 118 cm³/mol. The summed E-state index contributed by atoms with van der Waals surface area (Å²) in [5.74, 6) is -0.544. The highest BCUT2D eigenvalue weighted by molar-refractivity contribution is 7.89. The quantitative estimate of drug-likeness (QED) is 0.663. The van der Waals surface area contributed by atoms with Gasteiger partial charge in [-0.25, -0.2) is 12.7 Å². The fourth-order valence-electron chi connectivity index (χ4n) is 3.47. The normalized spacial score (nSPS) is 17.8. The van der Waals surface area contributed by atoms with Crippen LogP contribution in [0.5, 0.6) is 0 Å². The second-order valence-electron chi connectivity index (χ2n) is 7.22. The number of halogens is 2. The van der Waals surface area contributed by atoms with E-state index in [0.29, 0.717) is 48.0 Å². The number of hydrogen-bond acceptors (Lipinski definition) is 3. The first kappa shape index (κ1) is 22.1. The summed E-state index contributed by atoms with van der Waals surface area (Å²) in [5.41, 5.74) is 1.60. The highest BCUT2D eigenvalue weighted by Crippen LogP contribution is 2.27. The number of carbonyl (C=O) groups is 1. The van der Waals surface area contributed by atoms with E-state index in [1.54, 1.807) is 18.2 Å². The fourth-order valence-corrected chi connectivity index (χ4v) is 5.50. The second kappa shape index (κ2) is 9.94. The van der Waals surface area contributed by atoms with Gasteiger partial charge >= 0.3 is 0 Å². The third kappa shape index (κ3) is 6.19. The average molecular weight is 455 g/mol. The molecule has 1 saturated heterocycles. The number of aryl methyl sites for hydroxylation is 1. The molecule has 1 aliphatic heterocycles. The van der Waals surface area contributed by atoms with Gasteiger partial charge in [-0.05, 0) is 49.4 Å². The van der Waals surface area contributed by atoms with Gasteiger partial charge < -0.3 is 5.32 Å². The van der Waals surface area contributed by atoms with Gasteiger partial charge in [-0.1, -0.05) is 53.5 Å². The van der Waals surface area contributed by atoms with Gasteiger partial charge in [-0.2, -0.15) is 0 Å². The highest BCUT2D eigenvalue weighted by Gasteiger charge is 2.32. The molecule has 0 aromatic heterocycles. The topological polar surface area (TPSA) is 66.5 Å². The zero-order valence-corrected chi connectivity index (χ0v) is 18.3. The van der Waals surface area contributed by atoms with Crippen LogP contribution >= 0.6 is 23.2 Å². The van der Waals surface area contributed by atoms with Crippen LogP contribution < -0.4 is 5.32 Å². The number of benzene rings is 2. The molecule has 156 valence electrons. The summed E-state index contributed by atoms with van der Waals surface area (Å²) in [7, 11) is -3.40. The maximum absolute atomic E-state index is 12.8. The number of carbonyl (C=O) groups excluding carboxylic acids is 1. The predicted octanol–water partition coefficient (Wildman–Crippen LogP) is 4.61. The van der Waals surface area contributed by atoms with E-state index < -0.39 is 15.9 Å². The summed E-state index contributed by atoms with van der Waals surface area (Å²) in [6.45, 7) is 0.657. The molecule has 1 fully saturated rings. The molecule has 5 nitrogen and oxygen atoms in total. The van der Waals surface area contributed by atoms with E-state index in [9.17, 15) is 13.2 Å². The van der Waals surface area contributed by atoms with E-state index in [4.69, 9.17) is 23.2 Å². The number of amides is 1. The van der Waals surface area contributed by atoms with Gasteiger partial charge in [0, 0.05) is 18.1 Å². The SMILES string of the molecule is O=C(Nc1ccc(Cl)cc1Cl)C1CCCN(S(=O)(=O)CCCc2ccccc2)C1. The third-order valence-electron chi connectivity index (χ3n) is 5.05. The Balaban J connectivity index is 1.56. The number of nitrogens with one attached hydrogen (secondary N) is 1. The Bertz CT molecular complexity index is 952. The number of nitrogens with zero attached hydrogens (tertiary/aromatic N) is 1. The molecule has 0 aliphatic carbocycles. The average Bonchev–Trinajstić information content (AvgIpc) is 2.71. The summed E-state index contributed by atoms with van der Waals surface area (Å²) < 4.78 is 27.0. The summed E-state index contributed by atoms with van der Waals surface area (Å²) in [6, 6.07) is 14.7. The Hall–Kier alpha value is -1.60. The van der Waals surface area contributed by atoms with Crippen LogP contribution in [-0.2, 0) is 21.2 Å². The van der Waals surface area contributed by atoms with Crippen LogP contribution in [-0.4, -0.2) is 37.5 Å². The molecule has 0 spiro atoms. The molecule has 1 N–H and O–H groups in total. The van der Waals surface area contributed by atoms with Gasteiger partial charge in [0.2, 0.25) is 15.9 Å². The Labute approximate surface area is 182 Å². The van der Waals surface area contributed by atoms with Gasteiger partial charge in [-0.15, -0.1) is 0 Å². The second-order valence-corrected chi connectivity index (χ2v) is 10.1. The number of hydrogen-bond donors (Lipinski definition) is 1. The number of piperidine rings is 1. The van der Waals surface area contributed by atoms with Crippen molar-refractivity contribution in [3.05, 3.63) is 64.1 Å². The van der Waals surface area contributed by atoms with E-state index in [1.807, 2.05) is 30.3 Å². The molecule has 1 atom stereocenters. The molecule has 1 aliphatic rings. The maximum Gasteiger partial charge on any atom is 0.228 e. The van der Waals surface area contributed by atoms with Gasteiger partial charge in [0.05, 0.1) is 22.4 Å². The van der Waals surface area contributed by atoms with Crippen molar-refractivity contribution in [2.24, 2.45) is 5.92 Å². The smallest absolute Gasteiger partial charge is 0.228 e. The Kier molecular flexibility index (Phi) is 7.57. The van der Waals surface area contributed by atoms with Crippen LogP contribution in [0.3, 0.4) is 0 Å². The Morgan fingerprint density at radius 2 is 1.90 bits per heavy atom. The third-order valence-corrected chi connectivity index (χ3v) is 7.52. The molecule has 0 saturated carbocycles. The lowest BCUT2D eigenvalue weighted by atomic mass is 9.99. The summed E-state index contributed by atoms with van der Waals surface area (Å²) in [5, 5.41) is 3.63. The molecular weight excluding hydrogens is 431 g/mol. The van der Waals surface area contributed by atoms with Crippen LogP contribution in [0.1, 0.15) is 24.8 Å². The summed E-state index contributed by atoms with van der Waals surface area (Å²) >= 11 is 12.0. The van der Waals surface area contributed by atoms with Crippen LogP contribution in [0.2, 0.25) is 10.0 Å². The lowest BCUT2D eigenvalue weighted by Crippen LogP contribution is -2.44.